The van der Waals surface area contributed by atoms with E-state index in [9.17, 15) is 0 Å². The minimum Gasteiger partial charge on any atom is -0.330 e. The zero-order valence-corrected chi connectivity index (χ0v) is 9.34. The van der Waals surface area contributed by atoms with E-state index >= 15 is 0 Å². The fourth-order valence-corrected chi connectivity index (χ4v) is 2.18. The molecule has 0 saturated heterocycles. The van der Waals surface area contributed by atoms with E-state index in [4.69, 9.17) is 11.5 Å². The molecule has 2 aliphatic carbocycles. The van der Waals surface area contributed by atoms with E-state index in [1.165, 1.54) is 31.3 Å². The van der Waals surface area contributed by atoms with Gasteiger partial charge in [-0.05, 0) is 56.5 Å². The quantitative estimate of drug-likeness (QED) is 0.663. The number of hydrogen-bond acceptors (Lipinski definition) is 2. The molecule has 2 aliphatic rings. The van der Waals surface area contributed by atoms with Crippen LogP contribution in [0.2, 0.25) is 0 Å². The second-order valence-corrected chi connectivity index (χ2v) is 4.94. The molecule has 4 N–H and O–H groups in total. The highest BCUT2D eigenvalue weighted by Crippen LogP contribution is 2.31. The Morgan fingerprint density at radius 1 is 1.14 bits per heavy atom. The molecule has 2 rings (SSSR count). The zero-order chi connectivity index (χ0) is 10.6. The van der Waals surface area contributed by atoms with Gasteiger partial charge in [0.1, 0.15) is 0 Å². The average Bonchev–Trinajstić information content (AvgIpc) is 2.08. The summed E-state index contributed by atoms with van der Waals surface area (Å²) in [7, 11) is 0. The van der Waals surface area contributed by atoms with Gasteiger partial charge < -0.3 is 11.5 Å². The van der Waals surface area contributed by atoms with Gasteiger partial charge in [-0.2, -0.15) is 0 Å². The summed E-state index contributed by atoms with van der Waals surface area (Å²) in [4.78, 5) is 0. The van der Waals surface area contributed by atoms with Crippen LogP contribution in [0.3, 0.4) is 0 Å². The van der Waals surface area contributed by atoms with Crippen molar-refractivity contribution in [2.45, 2.75) is 32.6 Å². The first-order chi connectivity index (χ1) is 6.65. The summed E-state index contributed by atoms with van der Waals surface area (Å²) in [6.45, 7) is 7.84. The van der Waals surface area contributed by atoms with Gasteiger partial charge in [-0.3, -0.25) is 0 Å². The Labute approximate surface area is 87.7 Å². The molecule has 2 saturated carbocycles. The van der Waals surface area contributed by atoms with Crippen LogP contribution in [0.25, 0.3) is 0 Å². The Hall–Kier alpha value is -0.340. The molecule has 0 spiro atoms. The van der Waals surface area contributed by atoms with Crippen LogP contribution in [0.1, 0.15) is 32.6 Å². The zero-order valence-electron chi connectivity index (χ0n) is 9.34. The second-order valence-electron chi connectivity index (χ2n) is 4.94. The first-order valence-electron chi connectivity index (χ1n) is 5.72. The van der Waals surface area contributed by atoms with Gasteiger partial charge in [0.05, 0.1) is 0 Å². The molecule has 2 heteroatoms. The maximum Gasteiger partial charge on any atom is -0.00427 e. The maximum absolute atomic E-state index is 5.40. The monoisotopic (exact) mass is 196 g/mol. The highest BCUT2D eigenvalue weighted by Gasteiger charge is 2.22. The lowest BCUT2D eigenvalue weighted by atomic mass is 9.76. The summed E-state index contributed by atoms with van der Waals surface area (Å²) < 4.78 is 0. The van der Waals surface area contributed by atoms with Gasteiger partial charge in [-0.15, -0.1) is 0 Å². The van der Waals surface area contributed by atoms with Crippen LogP contribution in [0, 0.1) is 17.8 Å². The lowest BCUT2D eigenvalue weighted by molar-refractivity contribution is 0.220. The molecule has 0 aromatic rings. The Balaban J connectivity index is 0.000000140. The third kappa shape index (κ3) is 3.43. The number of hydrogen-bond donors (Lipinski definition) is 2. The van der Waals surface area contributed by atoms with E-state index in [1.807, 2.05) is 0 Å². The number of rotatable bonds is 2. The molecule has 0 bridgehead atoms. The predicted molar refractivity (Wildman–Crippen MR) is 61.9 cm³/mol. The topological polar surface area (TPSA) is 52.0 Å². The molecule has 0 aliphatic heterocycles. The summed E-state index contributed by atoms with van der Waals surface area (Å²) >= 11 is 0. The standard InChI is InChI=1S/C6H13N.C6H11N/c2*1-5-2-6(3-5)4-7/h5-6H,2-4,7H2,1H3;6H,1-4,7H2. The van der Waals surface area contributed by atoms with Crippen molar-refractivity contribution in [1.29, 1.82) is 0 Å². The van der Waals surface area contributed by atoms with E-state index in [0.717, 1.165) is 30.8 Å². The van der Waals surface area contributed by atoms with Crippen LogP contribution in [-0.2, 0) is 0 Å². The average molecular weight is 196 g/mol. The minimum atomic E-state index is 0.771. The SMILES string of the molecule is C=C1CC(CN)C1.CC1CC(CN)C1. The minimum absolute atomic E-state index is 0.771. The van der Waals surface area contributed by atoms with E-state index in [1.54, 1.807) is 0 Å². The highest BCUT2D eigenvalue weighted by atomic mass is 14.6. The van der Waals surface area contributed by atoms with Crippen LogP contribution >= 0.6 is 0 Å². The molecule has 14 heavy (non-hydrogen) atoms. The van der Waals surface area contributed by atoms with Crippen LogP contribution in [0.4, 0.5) is 0 Å². The van der Waals surface area contributed by atoms with Gasteiger partial charge in [-0.25, -0.2) is 0 Å². The van der Waals surface area contributed by atoms with Crippen LogP contribution in [0.15, 0.2) is 12.2 Å². The number of nitrogens with two attached hydrogens (primary N) is 2. The maximum atomic E-state index is 5.40. The van der Waals surface area contributed by atoms with Gasteiger partial charge in [-0.1, -0.05) is 19.1 Å². The molecule has 0 heterocycles. The van der Waals surface area contributed by atoms with E-state index in [-0.39, 0.29) is 0 Å². The first-order valence-corrected chi connectivity index (χ1v) is 5.72. The summed E-state index contributed by atoms with van der Waals surface area (Å²) in [5.74, 6) is 2.61. The molecule has 82 valence electrons. The third-order valence-electron chi connectivity index (χ3n) is 3.29. The van der Waals surface area contributed by atoms with Crippen molar-refractivity contribution in [3.63, 3.8) is 0 Å². The van der Waals surface area contributed by atoms with Crippen molar-refractivity contribution >= 4 is 0 Å². The predicted octanol–water partition coefficient (Wildman–Crippen LogP) is 1.90. The van der Waals surface area contributed by atoms with Gasteiger partial charge in [0, 0.05) is 0 Å². The fourth-order valence-electron chi connectivity index (χ4n) is 2.18. The molecular weight excluding hydrogens is 172 g/mol. The molecule has 0 aromatic carbocycles. The molecule has 2 nitrogen and oxygen atoms in total. The van der Waals surface area contributed by atoms with Crippen molar-refractivity contribution in [2.24, 2.45) is 29.2 Å². The molecule has 0 atom stereocenters. The Kier molecular flexibility index (Phi) is 4.63. The number of allylic oxidation sites excluding steroid dienone is 1. The van der Waals surface area contributed by atoms with Crippen LogP contribution in [-0.4, -0.2) is 13.1 Å². The van der Waals surface area contributed by atoms with Crippen molar-refractivity contribution in [3.05, 3.63) is 12.2 Å². The van der Waals surface area contributed by atoms with Crippen molar-refractivity contribution < 1.29 is 0 Å². The molecule has 2 fully saturated rings. The Morgan fingerprint density at radius 2 is 1.64 bits per heavy atom. The van der Waals surface area contributed by atoms with Gasteiger partial charge in [0.15, 0.2) is 0 Å². The Bertz CT molecular complexity index is 175. The fraction of sp³-hybridized carbons (Fsp3) is 0.833. The van der Waals surface area contributed by atoms with Crippen LogP contribution < -0.4 is 11.5 Å². The molecule has 0 amide bonds. The van der Waals surface area contributed by atoms with Crippen LogP contribution in [0.5, 0.6) is 0 Å². The van der Waals surface area contributed by atoms with Gasteiger partial charge in [0.2, 0.25) is 0 Å². The Morgan fingerprint density at radius 3 is 1.79 bits per heavy atom. The lowest BCUT2D eigenvalue weighted by Gasteiger charge is -2.31. The summed E-state index contributed by atoms with van der Waals surface area (Å²) in [5, 5.41) is 0. The molecule has 0 radical (unpaired) electrons. The largest absolute Gasteiger partial charge is 0.330 e. The summed E-state index contributed by atoms with van der Waals surface area (Å²) in [6, 6.07) is 0. The van der Waals surface area contributed by atoms with E-state index < -0.39 is 0 Å². The lowest BCUT2D eigenvalue weighted by Crippen LogP contribution is -2.27. The molecule has 0 unspecified atom stereocenters. The van der Waals surface area contributed by atoms with Crippen molar-refractivity contribution in [3.8, 4) is 0 Å². The van der Waals surface area contributed by atoms with Gasteiger partial charge >= 0.3 is 0 Å². The molecule has 0 aromatic heterocycles. The van der Waals surface area contributed by atoms with E-state index in [0.29, 0.717) is 0 Å². The van der Waals surface area contributed by atoms with E-state index in [2.05, 4.69) is 13.5 Å². The third-order valence-corrected chi connectivity index (χ3v) is 3.29. The van der Waals surface area contributed by atoms with Gasteiger partial charge in [0.25, 0.3) is 0 Å². The summed E-state index contributed by atoms with van der Waals surface area (Å²) in [6.07, 6.45) is 5.10. The summed E-state index contributed by atoms with van der Waals surface area (Å²) in [5.41, 5.74) is 12.1. The normalized spacial score (nSPS) is 31.2. The first kappa shape index (κ1) is 11.7. The second kappa shape index (κ2) is 5.52. The van der Waals surface area contributed by atoms with Crippen molar-refractivity contribution in [2.75, 3.05) is 13.1 Å². The smallest absolute Gasteiger partial charge is 0.00427 e. The van der Waals surface area contributed by atoms with Crippen molar-refractivity contribution in [1.82, 2.24) is 0 Å². The molecular formula is C12H24N2. The highest BCUT2D eigenvalue weighted by molar-refractivity contribution is 5.07.